The summed E-state index contributed by atoms with van der Waals surface area (Å²) in [5, 5.41) is 2.09. The minimum absolute atomic E-state index is 0.108. The van der Waals surface area contributed by atoms with Crippen molar-refractivity contribution >= 4 is 65.5 Å². The van der Waals surface area contributed by atoms with Crippen molar-refractivity contribution in [3.8, 4) is 5.75 Å². The first-order chi connectivity index (χ1) is 17.9. The number of benzene rings is 3. The van der Waals surface area contributed by atoms with Crippen LogP contribution in [0, 0.1) is 0 Å². The summed E-state index contributed by atoms with van der Waals surface area (Å²) in [5.41, 5.74) is 1.80. The highest BCUT2D eigenvalue weighted by Gasteiger charge is 2.31. The highest BCUT2D eigenvalue weighted by molar-refractivity contribution is 7.85. The molecule has 0 aliphatic carbocycles. The van der Waals surface area contributed by atoms with E-state index in [1.54, 1.807) is 36.4 Å². The zero-order valence-electron chi connectivity index (χ0n) is 19.9. The maximum Gasteiger partial charge on any atom is 0.375 e. The summed E-state index contributed by atoms with van der Waals surface area (Å²) in [6, 6.07) is 15.7. The first kappa shape index (κ1) is 26.2. The maximum absolute atomic E-state index is 11.9. The van der Waals surface area contributed by atoms with Gasteiger partial charge in [-0.2, -0.15) is 16.8 Å². The third kappa shape index (κ3) is 5.54. The van der Waals surface area contributed by atoms with Gasteiger partial charge in [0.15, 0.2) is 11.6 Å². The van der Waals surface area contributed by atoms with Crippen molar-refractivity contribution in [2.24, 2.45) is 0 Å². The van der Waals surface area contributed by atoms with Gasteiger partial charge in [0.1, 0.15) is 0 Å². The molecular formula is C25H22ClN2O8S2+. The van der Waals surface area contributed by atoms with Crippen LogP contribution in [0.15, 0.2) is 76.5 Å². The van der Waals surface area contributed by atoms with Crippen LogP contribution in [0.5, 0.6) is 5.75 Å². The SMILES string of the molecule is CCC(=C/c1oc2cc3ccccc3cc2[n+]1CS(=O)(=O)O)/C=C1\Oc2ccc(Cl)cc2N1CS(=O)(=O)O. The van der Waals surface area contributed by atoms with Gasteiger partial charge in [0.05, 0.1) is 11.8 Å². The average molecular weight is 578 g/mol. The Morgan fingerprint density at radius 3 is 2.39 bits per heavy atom. The highest BCUT2D eigenvalue weighted by Crippen LogP contribution is 2.41. The molecule has 2 N–H and O–H groups in total. The Morgan fingerprint density at radius 2 is 1.74 bits per heavy atom. The molecule has 2 heterocycles. The number of hydrogen-bond acceptors (Lipinski definition) is 7. The molecule has 3 aromatic carbocycles. The van der Waals surface area contributed by atoms with Crippen LogP contribution in [0.4, 0.5) is 5.69 Å². The van der Waals surface area contributed by atoms with Crippen molar-refractivity contribution in [3.63, 3.8) is 0 Å². The molecule has 0 unspecified atom stereocenters. The van der Waals surface area contributed by atoms with Gasteiger partial charge in [0.25, 0.3) is 21.5 Å². The number of ether oxygens (including phenoxy) is 1. The molecule has 5 rings (SSSR count). The molecule has 198 valence electrons. The van der Waals surface area contributed by atoms with Gasteiger partial charge in [-0.15, -0.1) is 4.57 Å². The second kappa shape index (κ2) is 9.71. The van der Waals surface area contributed by atoms with E-state index in [4.69, 9.17) is 20.8 Å². The Morgan fingerprint density at radius 1 is 1.03 bits per heavy atom. The lowest BCUT2D eigenvalue weighted by Gasteiger charge is -2.16. The van der Waals surface area contributed by atoms with Crippen molar-refractivity contribution in [2.75, 3.05) is 10.8 Å². The lowest BCUT2D eigenvalue weighted by molar-refractivity contribution is -0.658. The van der Waals surface area contributed by atoms with Gasteiger partial charge in [0, 0.05) is 17.2 Å². The van der Waals surface area contributed by atoms with E-state index < -0.39 is 32.0 Å². The highest BCUT2D eigenvalue weighted by atomic mass is 35.5. The minimum atomic E-state index is -4.44. The van der Waals surface area contributed by atoms with Gasteiger partial charge in [-0.05, 0) is 47.0 Å². The van der Waals surface area contributed by atoms with Crippen LogP contribution in [0.1, 0.15) is 19.2 Å². The van der Waals surface area contributed by atoms with Crippen LogP contribution in [0.3, 0.4) is 0 Å². The fourth-order valence-electron chi connectivity index (χ4n) is 4.23. The summed E-state index contributed by atoms with van der Waals surface area (Å²) in [6.45, 7) is 1.83. The molecule has 4 aromatic rings. The fourth-order valence-corrected chi connectivity index (χ4v) is 5.58. The molecule has 13 heteroatoms. The number of anilines is 1. The molecule has 0 amide bonds. The molecule has 0 saturated carbocycles. The topological polar surface area (TPSA) is 138 Å². The minimum Gasteiger partial charge on any atom is -0.439 e. The lowest BCUT2D eigenvalue weighted by atomic mass is 10.1. The molecule has 10 nitrogen and oxygen atoms in total. The zero-order valence-corrected chi connectivity index (χ0v) is 22.3. The number of aromatic nitrogens is 1. The second-order valence-electron chi connectivity index (χ2n) is 8.65. The normalized spacial score (nSPS) is 15.4. The molecule has 0 saturated heterocycles. The summed E-state index contributed by atoms with van der Waals surface area (Å²) in [6.07, 6.45) is 3.54. The molecule has 0 atom stereocenters. The number of halogens is 1. The predicted octanol–water partition coefficient (Wildman–Crippen LogP) is 4.75. The second-order valence-corrected chi connectivity index (χ2v) is 11.9. The van der Waals surface area contributed by atoms with Crippen LogP contribution in [-0.4, -0.2) is 31.8 Å². The summed E-state index contributed by atoms with van der Waals surface area (Å²) in [4.78, 5) is 1.26. The van der Waals surface area contributed by atoms with E-state index in [0.29, 0.717) is 39.6 Å². The third-order valence-electron chi connectivity index (χ3n) is 5.90. The Hall–Kier alpha value is -3.42. The Bertz CT molecular complexity index is 1860. The van der Waals surface area contributed by atoms with Crippen LogP contribution in [0.2, 0.25) is 5.02 Å². The number of fused-ring (bicyclic) bond motifs is 3. The molecule has 1 aromatic heterocycles. The molecule has 0 radical (unpaired) electrons. The standard InChI is InChI=1S/C25H21ClN2O8S2/c1-2-16(9-24-28(15-38(32,33)34)21-13-19(26)7-8-22(21)35-24)10-25-27(14-37(29,30)31)20-11-17-5-3-4-6-18(17)12-23(20)36-25/h3-13H,2,14-15H2,1H3,(H-,29,30,31,32,33,34)/p+1. The monoisotopic (exact) mass is 577 g/mol. The van der Waals surface area contributed by atoms with Crippen molar-refractivity contribution < 1.29 is 39.7 Å². The quantitative estimate of drug-likeness (QED) is 0.235. The predicted molar refractivity (Wildman–Crippen MR) is 143 cm³/mol. The van der Waals surface area contributed by atoms with Gasteiger partial charge in [0.2, 0.25) is 11.5 Å². The van der Waals surface area contributed by atoms with E-state index in [1.807, 2.05) is 31.2 Å². The average Bonchev–Trinajstić information content (AvgIpc) is 3.31. The number of allylic oxidation sites excluding steroid dienone is 2. The van der Waals surface area contributed by atoms with Gasteiger partial charge in [-0.25, -0.2) is 0 Å². The van der Waals surface area contributed by atoms with Gasteiger partial charge >= 0.3 is 16.0 Å². The Balaban J connectivity index is 1.64. The maximum atomic E-state index is 11.9. The van der Waals surface area contributed by atoms with Gasteiger partial charge in [-0.1, -0.05) is 42.8 Å². The number of oxazole rings is 1. The van der Waals surface area contributed by atoms with Crippen LogP contribution in [0.25, 0.3) is 27.9 Å². The summed E-state index contributed by atoms with van der Waals surface area (Å²) < 4.78 is 79.6. The summed E-state index contributed by atoms with van der Waals surface area (Å²) in [7, 11) is -8.87. The van der Waals surface area contributed by atoms with E-state index in [0.717, 1.165) is 10.8 Å². The Kier molecular flexibility index (Phi) is 6.70. The lowest BCUT2D eigenvalue weighted by Crippen LogP contribution is -2.39. The smallest absolute Gasteiger partial charge is 0.375 e. The van der Waals surface area contributed by atoms with E-state index in [1.165, 1.54) is 15.5 Å². The molecule has 0 bridgehead atoms. The third-order valence-corrected chi connectivity index (χ3v) is 7.31. The van der Waals surface area contributed by atoms with Crippen molar-refractivity contribution in [1.29, 1.82) is 0 Å². The van der Waals surface area contributed by atoms with Crippen molar-refractivity contribution in [1.82, 2.24) is 0 Å². The van der Waals surface area contributed by atoms with Gasteiger partial charge < -0.3 is 9.15 Å². The summed E-state index contributed by atoms with van der Waals surface area (Å²) in [5.74, 6) is -0.926. The number of nitrogens with zero attached hydrogens (tertiary/aromatic N) is 2. The molecule has 0 fully saturated rings. The number of hydrogen-bond donors (Lipinski definition) is 2. The first-order valence-electron chi connectivity index (χ1n) is 11.3. The summed E-state index contributed by atoms with van der Waals surface area (Å²) >= 11 is 6.09. The van der Waals surface area contributed by atoms with Crippen LogP contribution < -0.4 is 14.2 Å². The van der Waals surface area contributed by atoms with E-state index >= 15 is 0 Å². The van der Waals surface area contributed by atoms with Gasteiger partial charge in [-0.3, -0.25) is 14.0 Å². The van der Waals surface area contributed by atoms with E-state index in [-0.39, 0.29) is 11.8 Å². The fraction of sp³-hybridized carbons (Fsp3) is 0.160. The van der Waals surface area contributed by atoms with Crippen LogP contribution in [-0.2, 0) is 26.1 Å². The molecule has 1 aliphatic heterocycles. The van der Waals surface area contributed by atoms with Crippen molar-refractivity contribution in [3.05, 3.63) is 83.0 Å². The van der Waals surface area contributed by atoms with Crippen molar-refractivity contribution in [2.45, 2.75) is 19.2 Å². The molecular weight excluding hydrogens is 556 g/mol. The zero-order chi connectivity index (χ0) is 27.2. The molecule has 1 aliphatic rings. The number of rotatable bonds is 7. The van der Waals surface area contributed by atoms with E-state index in [9.17, 15) is 25.9 Å². The van der Waals surface area contributed by atoms with E-state index in [2.05, 4.69) is 0 Å². The first-order valence-corrected chi connectivity index (χ1v) is 14.9. The molecule has 38 heavy (non-hydrogen) atoms. The molecule has 0 spiro atoms. The van der Waals surface area contributed by atoms with Crippen LogP contribution >= 0.6 is 11.6 Å². The largest absolute Gasteiger partial charge is 0.439 e. The Labute approximate surface area is 223 Å².